The van der Waals surface area contributed by atoms with Crippen molar-refractivity contribution >= 4 is 11.8 Å². The molecule has 0 bridgehead atoms. The highest BCUT2D eigenvalue weighted by atomic mass is 16.2. The number of rotatable bonds is 7. The lowest BCUT2D eigenvalue weighted by molar-refractivity contribution is 0.0642. The lowest BCUT2D eigenvalue weighted by atomic mass is 10.1. The van der Waals surface area contributed by atoms with Gasteiger partial charge in [-0.2, -0.15) is 0 Å². The number of benzene rings is 3. The van der Waals surface area contributed by atoms with E-state index in [9.17, 15) is 9.59 Å². The first-order valence-corrected chi connectivity index (χ1v) is 9.50. The average molecular weight is 370 g/mol. The van der Waals surface area contributed by atoms with Gasteiger partial charge in [0, 0.05) is 6.54 Å². The van der Waals surface area contributed by atoms with Gasteiger partial charge in [-0.05, 0) is 41.8 Å². The molecule has 140 valence electrons. The fraction of sp³-hybridized carbons (Fsp3) is 0.167. The van der Waals surface area contributed by atoms with Crippen LogP contribution in [0.4, 0.5) is 0 Å². The highest BCUT2D eigenvalue weighted by Crippen LogP contribution is 2.25. The number of carbonyl (C=O) groups excluding carboxylic acids is 2. The Morgan fingerprint density at radius 1 is 0.679 bits per heavy atom. The predicted molar refractivity (Wildman–Crippen MR) is 109 cm³/mol. The first-order chi connectivity index (χ1) is 13.7. The molecule has 0 fully saturated rings. The second kappa shape index (κ2) is 8.19. The number of nitrogens with one attached hydrogen (secondary N) is 1. The molecule has 28 heavy (non-hydrogen) atoms. The van der Waals surface area contributed by atoms with Crippen LogP contribution in [0, 0.1) is 0 Å². The van der Waals surface area contributed by atoms with Gasteiger partial charge in [0.1, 0.15) is 0 Å². The summed E-state index contributed by atoms with van der Waals surface area (Å²) >= 11 is 0. The summed E-state index contributed by atoms with van der Waals surface area (Å²) in [4.78, 5) is 26.6. The molecule has 0 unspecified atom stereocenters. The van der Waals surface area contributed by atoms with Gasteiger partial charge >= 0.3 is 0 Å². The average Bonchev–Trinajstić information content (AvgIpc) is 2.98. The van der Waals surface area contributed by atoms with Gasteiger partial charge in [-0.15, -0.1) is 0 Å². The summed E-state index contributed by atoms with van der Waals surface area (Å²) in [5.74, 6) is -0.431. The van der Waals surface area contributed by atoms with Crippen LogP contribution in [0.25, 0.3) is 0 Å². The summed E-state index contributed by atoms with van der Waals surface area (Å²) in [5, 5.41) is 3.47. The third kappa shape index (κ3) is 3.73. The molecule has 0 atom stereocenters. The zero-order valence-corrected chi connectivity index (χ0v) is 15.6. The third-order valence-corrected chi connectivity index (χ3v) is 5.07. The molecule has 3 aromatic carbocycles. The van der Waals surface area contributed by atoms with Crippen LogP contribution >= 0.6 is 0 Å². The van der Waals surface area contributed by atoms with Gasteiger partial charge < -0.3 is 5.32 Å². The Morgan fingerprint density at radius 2 is 1.25 bits per heavy atom. The number of amides is 2. The number of carbonyl (C=O) groups is 2. The van der Waals surface area contributed by atoms with Gasteiger partial charge in [0.25, 0.3) is 11.8 Å². The Labute approximate surface area is 164 Å². The molecule has 2 amide bonds. The van der Waals surface area contributed by atoms with Gasteiger partial charge in [0.15, 0.2) is 0 Å². The second-order valence-corrected chi connectivity index (χ2v) is 6.92. The lowest BCUT2D eigenvalue weighted by Crippen LogP contribution is -2.30. The highest BCUT2D eigenvalue weighted by molar-refractivity contribution is 6.21. The lowest BCUT2D eigenvalue weighted by Gasteiger charge is -2.17. The Hall–Kier alpha value is -3.24. The minimum Gasteiger partial charge on any atom is -0.312 e. The van der Waals surface area contributed by atoms with E-state index in [0.29, 0.717) is 24.2 Å². The molecule has 0 saturated carbocycles. The number of imide groups is 1. The van der Waals surface area contributed by atoms with Crippen molar-refractivity contribution in [1.82, 2.24) is 10.2 Å². The normalized spacial score (nSPS) is 13.1. The van der Waals surface area contributed by atoms with Crippen molar-refractivity contribution in [1.29, 1.82) is 0 Å². The Bertz CT molecular complexity index is 963. The maximum atomic E-state index is 12.6. The van der Waals surface area contributed by atoms with Crippen molar-refractivity contribution in [2.45, 2.75) is 19.5 Å². The van der Waals surface area contributed by atoms with Crippen molar-refractivity contribution in [3.63, 3.8) is 0 Å². The van der Waals surface area contributed by atoms with E-state index in [2.05, 4.69) is 17.4 Å². The quantitative estimate of drug-likeness (QED) is 0.508. The zero-order valence-electron chi connectivity index (χ0n) is 15.6. The molecule has 1 heterocycles. The highest BCUT2D eigenvalue weighted by Gasteiger charge is 2.35. The maximum absolute atomic E-state index is 12.6. The van der Waals surface area contributed by atoms with E-state index in [1.807, 2.05) is 42.5 Å². The molecule has 0 radical (unpaired) electrons. The molecule has 3 aromatic rings. The Morgan fingerprint density at radius 3 is 1.93 bits per heavy atom. The van der Waals surface area contributed by atoms with E-state index in [4.69, 9.17) is 0 Å². The summed E-state index contributed by atoms with van der Waals surface area (Å²) in [5.41, 5.74) is 4.38. The van der Waals surface area contributed by atoms with Crippen LogP contribution in [0.5, 0.6) is 0 Å². The number of nitrogens with zero attached hydrogens (tertiary/aromatic N) is 1. The molecule has 0 saturated heterocycles. The minimum atomic E-state index is -0.215. The molecule has 1 aliphatic rings. The largest absolute Gasteiger partial charge is 0.312 e. The van der Waals surface area contributed by atoms with Crippen molar-refractivity contribution < 1.29 is 9.59 Å². The summed E-state index contributed by atoms with van der Waals surface area (Å²) in [6.07, 6.45) is 0.960. The summed E-state index contributed by atoms with van der Waals surface area (Å²) < 4.78 is 0. The summed E-state index contributed by atoms with van der Waals surface area (Å²) in [7, 11) is 0. The summed E-state index contributed by atoms with van der Waals surface area (Å²) in [6.45, 7) is 1.86. The number of hydrogen-bond acceptors (Lipinski definition) is 3. The monoisotopic (exact) mass is 370 g/mol. The van der Waals surface area contributed by atoms with E-state index >= 15 is 0 Å². The van der Waals surface area contributed by atoms with E-state index in [-0.39, 0.29) is 11.8 Å². The van der Waals surface area contributed by atoms with Gasteiger partial charge in [-0.3, -0.25) is 14.5 Å². The van der Waals surface area contributed by atoms with Crippen LogP contribution in [0.1, 0.15) is 37.4 Å². The molecule has 1 N–H and O–H groups in total. The van der Waals surface area contributed by atoms with Crippen molar-refractivity contribution in [3.05, 3.63) is 107 Å². The first-order valence-electron chi connectivity index (χ1n) is 9.50. The van der Waals surface area contributed by atoms with Crippen LogP contribution in [0.3, 0.4) is 0 Å². The Kier molecular flexibility index (Phi) is 5.31. The minimum absolute atomic E-state index is 0.215. The molecule has 4 heteroatoms. The van der Waals surface area contributed by atoms with Crippen LogP contribution in [0.2, 0.25) is 0 Å². The van der Waals surface area contributed by atoms with Crippen LogP contribution < -0.4 is 5.32 Å². The summed E-state index contributed by atoms with van der Waals surface area (Å²) in [6, 6.07) is 25.3. The number of fused-ring (bicyclic) bond motifs is 1. The third-order valence-electron chi connectivity index (χ3n) is 5.07. The molecule has 4 nitrogen and oxygen atoms in total. The van der Waals surface area contributed by atoms with E-state index in [1.165, 1.54) is 10.5 Å². The van der Waals surface area contributed by atoms with E-state index < -0.39 is 0 Å². The molecule has 1 aliphatic heterocycles. The fourth-order valence-corrected chi connectivity index (χ4v) is 3.54. The van der Waals surface area contributed by atoms with E-state index in [1.54, 1.807) is 24.3 Å². The van der Waals surface area contributed by atoms with Gasteiger partial charge in [-0.1, -0.05) is 66.7 Å². The fourth-order valence-electron chi connectivity index (χ4n) is 3.54. The molecule has 0 aliphatic carbocycles. The van der Waals surface area contributed by atoms with Gasteiger partial charge in [-0.25, -0.2) is 0 Å². The smallest absolute Gasteiger partial charge is 0.261 e. The topological polar surface area (TPSA) is 49.4 Å². The standard InChI is InChI=1S/C24H22N2O2/c27-23-21-12-6-7-13-22(21)24(28)26(23)17-20-11-5-4-10-19(20)16-25-15-14-18-8-2-1-3-9-18/h1-13,25H,14-17H2. The number of hydrogen-bond donors (Lipinski definition) is 1. The van der Waals surface area contributed by atoms with Crippen LogP contribution in [0.15, 0.2) is 78.9 Å². The predicted octanol–water partition coefficient (Wildman–Crippen LogP) is 3.82. The molecule has 4 rings (SSSR count). The first kappa shape index (κ1) is 18.1. The van der Waals surface area contributed by atoms with Crippen molar-refractivity contribution in [2.75, 3.05) is 6.54 Å². The van der Waals surface area contributed by atoms with Gasteiger partial charge in [0.2, 0.25) is 0 Å². The molecular formula is C24H22N2O2. The van der Waals surface area contributed by atoms with Crippen LogP contribution in [-0.2, 0) is 19.5 Å². The second-order valence-electron chi connectivity index (χ2n) is 6.92. The SMILES string of the molecule is O=C1c2ccccc2C(=O)N1Cc1ccccc1CNCCc1ccccc1. The molecular weight excluding hydrogens is 348 g/mol. The molecule has 0 aromatic heterocycles. The zero-order chi connectivity index (χ0) is 19.3. The van der Waals surface area contributed by atoms with Gasteiger partial charge in [0.05, 0.1) is 17.7 Å². The maximum Gasteiger partial charge on any atom is 0.261 e. The van der Waals surface area contributed by atoms with Crippen molar-refractivity contribution in [3.8, 4) is 0 Å². The van der Waals surface area contributed by atoms with E-state index in [0.717, 1.165) is 24.1 Å². The Balaban J connectivity index is 1.41. The van der Waals surface area contributed by atoms with Crippen LogP contribution in [-0.4, -0.2) is 23.3 Å². The van der Waals surface area contributed by atoms with Crippen molar-refractivity contribution in [2.24, 2.45) is 0 Å². The molecule has 0 spiro atoms.